The Balaban J connectivity index is 1.75. The average molecular weight is 517 g/mol. The van der Waals surface area contributed by atoms with Gasteiger partial charge in [0.15, 0.2) is 4.90 Å². The number of benzene rings is 2. The highest BCUT2D eigenvalue weighted by molar-refractivity contribution is 9.10. The Kier molecular flexibility index (Phi) is 6.81. The fourth-order valence-corrected chi connectivity index (χ4v) is 5.93. The van der Waals surface area contributed by atoms with Crippen LogP contribution in [-0.4, -0.2) is 23.1 Å². The van der Waals surface area contributed by atoms with Crippen molar-refractivity contribution in [1.82, 2.24) is 9.55 Å². The van der Waals surface area contributed by atoms with E-state index in [1.54, 1.807) is 16.7 Å². The quantitative estimate of drug-likeness (QED) is 0.485. The van der Waals surface area contributed by atoms with Gasteiger partial charge < -0.3 is 5.11 Å². The fraction of sp³-hybridized carbons (Fsp3) is 0.333. The summed E-state index contributed by atoms with van der Waals surface area (Å²) in [5.41, 5.74) is 0.262. The zero-order valence-corrected chi connectivity index (χ0v) is 20.0. The summed E-state index contributed by atoms with van der Waals surface area (Å²) in [4.78, 5) is 16.4. The molecule has 0 aliphatic heterocycles. The largest absolute Gasteiger partial charge is 0.493 e. The molecule has 1 aliphatic carbocycles. The van der Waals surface area contributed by atoms with E-state index in [2.05, 4.69) is 20.9 Å². The zero-order valence-electron chi connectivity index (χ0n) is 17.6. The van der Waals surface area contributed by atoms with Crippen LogP contribution < -0.4 is 5.56 Å². The second-order valence-electron chi connectivity index (χ2n) is 8.11. The van der Waals surface area contributed by atoms with Gasteiger partial charge in [-0.15, -0.1) is 0 Å². The van der Waals surface area contributed by atoms with Gasteiger partial charge in [-0.1, -0.05) is 59.1 Å². The van der Waals surface area contributed by atoms with Crippen LogP contribution in [-0.2, 0) is 22.8 Å². The average Bonchev–Trinajstić information content (AvgIpc) is 3.31. The molecule has 1 heterocycles. The van der Waals surface area contributed by atoms with E-state index in [0.29, 0.717) is 23.3 Å². The number of halogens is 1. The minimum Gasteiger partial charge on any atom is -0.493 e. The summed E-state index contributed by atoms with van der Waals surface area (Å²) < 4.78 is 28.7. The number of aromatic hydroxyl groups is 1. The first-order chi connectivity index (χ1) is 15.4. The molecule has 3 aromatic rings. The first kappa shape index (κ1) is 22.7. The van der Waals surface area contributed by atoms with Gasteiger partial charge in [0.1, 0.15) is 5.82 Å². The number of hydrogen-bond donors (Lipinski definition) is 1. The predicted molar refractivity (Wildman–Crippen MR) is 126 cm³/mol. The highest BCUT2D eigenvalue weighted by Crippen LogP contribution is 2.36. The molecule has 32 heavy (non-hydrogen) atoms. The van der Waals surface area contributed by atoms with E-state index in [1.807, 2.05) is 30.3 Å². The van der Waals surface area contributed by atoms with Crippen molar-refractivity contribution in [2.45, 2.75) is 60.8 Å². The Morgan fingerprint density at radius 1 is 1.03 bits per heavy atom. The Morgan fingerprint density at radius 2 is 1.69 bits per heavy atom. The molecule has 0 saturated heterocycles. The SMILES string of the molecule is O=c1nc(C2CCCC2)n(CCCc2ccccc2)c(O)c1S(=O)(=O)c1ccc(Br)cc1. The molecule has 0 atom stereocenters. The van der Waals surface area contributed by atoms with Gasteiger partial charge in [0, 0.05) is 16.9 Å². The minimum atomic E-state index is -4.22. The van der Waals surface area contributed by atoms with Gasteiger partial charge in [0.25, 0.3) is 5.56 Å². The smallest absolute Gasteiger partial charge is 0.296 e. The van der Waals surface area contributed by atoms with Crippen LogP contribution in [0.15, 0.2) is 73.7 Å². The number of aromatic nitrogens is 2. The van der Waals surface area contributed by atoms with Crippen LogP contribution in [0.2, 0.25) is 0 Å². The summed E-state index contributed by atoms with van der Waals surface area (Å²) in [5, 5.41) is 11.1. The third-order valence-corrected chi connectivity index (χ3v) is 8.26. The van der Waals surface area contributed by atoms with E-state index < -0.39 is 26.2 Å². The third kappa shape index (κ3) is 4.66. The summed E-state index contributed by atoms with van der Waals surface area (Å²) in [6, 6.07) is 16.0. The lowest BCUT2D eigenvalue weighted by molar-refractivity contribution is 0.370. The van der Waals surface area contributed by atoms with Crippen molar-refractivity contribution in [1.29, 1.82) is 0 Å². The van der Waals surface area contributed by atoms with E-state index in [4.69, 9.17) is 0 Å². The fourth-order valence-electron chi connectivity index (χ4n) is 4.31. The summed E-state index contributed by atoms with van der Waals surface area (Å²) >= 11 is 3.28. The Labute approximate surface area is 196 Å². The van der Waals surface area contributed by atoms with Crippen molar-refractivity contribution < 1.29 is 13.5 Å². The molecule has 6 nitrogen and oxygen atoms in total. The highest BCUT2D eigenvalue weighted by atomic mass is 79.9. The van der Waals surface area contributed by atoms with Crippen LogP contribution in [0.1, 0.15) is 49.4 Å². The molecular weight excluding hydrogens is 492 g/mol. The number of hydrogen-bond acceptors (Lipinski definition) is 5. The molecule has 0 radical (unpaired) electrons. The summed E-state index contributed by atoms with van der Waals surface area (Å²) in [6.07, 6.45) is 5.27. The molecular formula is C24H25BrN2O4S. The lowest BCUT2D eigenvalue weighted by Crippen LogP contribution is -2.26. The van der Waals surface area contributed by atoms with Crippen LogP contribution in [0.3, 0.4) is 0 Å². The van der Waals surface area contributed by atoms with Gasteiger partial charge >= 0.3 is 0 Å². The first-order valence-electron chi connectivity index (χ1n) is 10.8. The maximum Gasteiger partial charge on any atom is 0.296 e. The van der Waals surface area contributed by atoms with E-state index >= 15 is 0 Å². The van der Waals surface area contributed by atoms with Crippen LogP contribution in [0.25, 0.3) is 0 Å². The summed E-state index contributed by atoms with van der Waals surface area (Å²) in [6.45, 7) is 0.378. The van der Waals surface area contributed by atoms with Crippen LogP contribution in [0.4, 0.5) is 0 Å². The van der Waals surface area contributed by atoms with Crippen molar-refractivity contribution in [2.24, 2.45) is 0 Å². The molecule has 1 aromatic heterocycles. The molecule has 0 bridgehead atoms. The van der Waals surface area contributed by atoms with Crippen LogP contribution in [0, 0.1) is 0 Å². The van der Waals surface area contributed by atoms with Gasteiger partial charge in [-0.2, -0.15) is 4.98 Å². The van der Waals surface area contributed by atoms with Crippen molar-refractivity contribution in [3.63, 3.8) is 0 Å². The molecule has 2 aromatic carbocycles. The lowest BCUT2D eigenvalue weighted by atomic mass is 10.1. The van der Waals surface area contributed by atoms with Crippen molar-refractivity contribution in [3.8, 4) is 5.88 Å². The van der Waals surface area contributed by atoms with E-state index in [1.165, 1.54) is 12.1 Å². The summed E-state index contributed by atoms with van der Waals surface area (Å²) in [7, 11) is -4.22. The van der Waals surface area contributed by atoms with Gasteiger partial charge in [-0.25, -0.2) is 8.42 Å². The molecule has 0 unspecified atom stereocenters. The normalized spacial score (nSPS) is 14.7. The minimum absolute atomic E-state index is 0.0507. The Morgan fingerprint density at radius 3 is 2.34 bits per heavy atom. The van der Waals surface area contributed by atoms with Gasteiger partial charge in [-0.05, 0) is 55.5 Å². The zero-order chi connectivity index (χ0) is 22.7. The molecule has 1 N–H and O–H groups in total. The van der Waals surface area contributed by atoms with E-state index in [0.717, 1.165) is 37.7 Å². The third-order valence-electron chi connectivity index (χ3n) is 5.95. The molecule has 1 fully saturated rings. The molecule has 8 heteroatoms. The highest BCUT2D eigenvalue weighted by Gasteiger charge is 2.32. The lowest BCUT2D eigenvalue weighted by Gasteiger charge is -2.20. The van der Waals surface area contributed by atoms with E-state index in [-0.39, 0.29) is 10.8 Å². The van der Waals surface area contributed by atoms with Gasteiger partial charge in [0.05, 0.1) is 4.90 Å². The van der Waals surface area contributed by atoms with Crippen molar-refractivity contribution >= 4 is 25.8 Å². The first-order valence-corrected chi connectivity index (χ1v) is 13.0. The molecule has 4 rings (SSSR count). The van der Waals surface area contributed by atoms with Crippen molar-refractivity contribution in [3.05, 3.63) is 80.8 Å². The van der Waals surface area contributed by atoms with Gasteiger partial charge in [0.2, 0.25) is 15.7 Å². The number of aryl methyl sites for hydroxylation is 1. The maximum absolute atomic E-state index is 13.2. The Hall–Kier alpha value is -2.45. The van der Waals surface area contributed by atoms with Crippen LogP contribution >= 0.6 is 15.9 Å². The molecule has 1 saturated carbocycles. The second-order valence-corrected chi connectivity index (χ2v) is 10.9. The second kappa shape index (κ2) is 9.58. The number of sulfone groups is 1. The predicted octanol–water partition coefficient (Wildman–Crippen LogP) is 4.83. The van der Waals surface area contributed by atoms with Gasteiger partial charge in [-0.3, -0.25) is 9.36 Å². The molecule has 168 valence electrons. The topological polar surface area (TPSA) is 89.3 Å². The number of nitrogens with zero attached hydrogens (tertiary/aromatic N) is 2. The monoisotopic (exact) mass is 516 g/mol. The Bertz CT molecular complexity index is 1250. The summed E-state index contributed by atoms with van der Waals surface area (Å²) in [5.74, 6) is 0.0328. The number of rotatable bonds is 7. The molecule has 0 spiro atoms. The van der Waals surface area contributed by atoms with Crippen molar-refractivity contribution in [2.75, 3.05) is 0 Å². The maximum atomic E-state index is 13.2. The standard InChI is InChI=1S/C24H25BrN2O4S/c25-19-12-14-20(15-13-19)32(30,31)21-23(28)26-22(18-10-4-5-11-18)27(24(21)29)16-6-9-17-7-2-1-3-8-17/h1-3,7-8,12-15,18,29H,4-6,9-11,16H2. The van der Waals surface area contributed by atoms with Crippen LogP contribution in [0.5, 0.6) is 5.88 Å². The van der Waals surface area contributed by atoms with E-state index in [9.17, 15) is 18.3 Å². The molecule has 1 aliphatic rings. The molecule has 0 amide bonds.